The molecular formula is C20H25N3O4. The van der Waals surface area contributed by atoms with Gasteiger partial charge in [-0.3, -0.25) is 9.59 Å². The quantitative estimate of drug-likeness (QED) is 0.660. The first-order valence-corrected chi connectivity index (χ1v) is 8.82. The molecular weight excluding hydrogens is 346 g/mol. The zero-order chi connectivity index (χ0) is 19.8. The Bertz CT molecular complexity index is 846. The van der Waals surface area contributed by atoms with Crippen molar-refractivity contribution < 1.29 is 14.7 Å². The Morgan fingerprint density at radius 3 is 2.52 bits per heavy atom. The number of aliphatic carboxylic acids is 1. The molecule has 1 aromatic carbocycles. The standard InChI is InChI=1S/C20H25N3O4/c1-14-8-9-16(19(26)23(14)2)13-21-20(27)22-17(10-11-18(24)25)12-15-6-4-3-5-7-15/h3-9,17H,10-13H2,1-2H3,(H,24,25)(H2,21,22,27). The Labute approximate surface area is 158 Å². The number of nitrogens with zero attached hydrogens (tertiary/aromatic N) is 1. The Balaban J connectivity index is 1.97. The molecule has 3 N–H and O–H groups in total. The van der Waals surface area contributed by atoms with Gasteiger partial charge in [-0.05, 0) is 31.4 Å². The first kappa shape index (κ1) is 20.2. The second-order valence-electron chi connectivity index (χ2n) is 6.51. The van der Waals surface area contributed by atoms with Crippen molar-refractivity contribution in [1.29, 1.82) is 0 Å². The van der Waals surface area contributed by atoms with Crippen molar-refractivity contribution in [1.82, 2.24) is 15.2 Å². The van der Waals surface area contributed by atoms with Crippen LogP contribution in [-0.2, 0) is 24.8 Å². The highest BCUT2D eigenvalue weighted by atomic mass is 16.4. The predicted octanol–water partition coefficient (Wildman–Crippen LogP) is 1.97. The van der Waals surface area contributed by atoms with Crippen LogP contribution in [0.5, 0.6) is 0 Å². The number of amides is 2. The summed E-state index contributed by atoms with van der Waals surface area (Å²) in [7, 11) is 1.68. The highest BCUT2D eigenvalue weighted by Gasteiger charge is 2.15. The van der Waals surface area contributed by atoms with E-state index in [1.54, 1.807) is 13.1 Å². The highest BCUT2D eigenvalue weighted by molar-refractivity contribution is 5.74. The SMILES string of the molecule is Cc1ccc(CNC(=O)NC(CCC(=O)O)Cc2ccccc2)c(=O)n1C. The minimum Gasteiger partial charge on any atom is -0.481 e. The maximum Gasteiger partial charge on any atom is 0.315 e. The summed E-state index contributed by atoms with van der Waals surface area (Å²) in [5.74, 6) is -0.904. The Hall–Kier alpha value is -3.09. The number of carboxylic acid groups (broad SMARTS) is 1. The molecule has 0 saturated carbocycles. The molecule has 0 fully saturated rings. The van der Waals surface area contributed by atoms with Crippen LogP contribution in [0.15, 0.2) is 47.3 Å². The summed E-state index contributed by atoms with van der Waals surface area (Å²) in [6, 6.07) is 12.3. The molecule has 0 radical (unpaired) electrons. The van der Waals surface area contributed by atoms with Crippen LogP contribution in [0.1, 0.15) is 29.7 Å². The minimum atomic E-state index is -0.904. The second-order valence-corrected chi connectivity index (χ2v) is 6.51. The number of carbonyl (C=O) groups excluding carboxylic acids is 1. The highest BCUT2D eigenvalue weighted by Crippen LogP contribution is 2.08. The van der Waals surface area contributed by atoms with E-state index in [4.69, 9.17) is 5.11 Å². The number of urea groups is 1. The van der Waals surface area contributed by atoms with Crippen molar-refractivity contribution in [2.75, 3.05) is 0 Å². The summed E-state index contributed by atoms with van der Waals surface area (Å²) < 4.78 is 1.53. The van der Waals surface area contributed by atoms with Crippen LogP contribution >= 0.6 is 0 Å². The van der Waals surface area contributed by atoms with Gasteiger partial charge in [0, 0.05) is 37.3 Å². The molecule has 0 aliphatic heterocycles. The first-order valence-electron chi connectivity index (χ1n) is 8.82. The lowest BCUT2D eigenvalue weighted by atomic mass is 10.0. The third-order valence-corrected chi connectivity index (χ3v) is 4.44. The van der Waals surface area contributed by atoms with Crippen LogP contribution in [0.2, 0.25) is 0 Å². The Kier molecular flexibility index (Phi) is 7.16. The van der Waals surface area contributed by atoms with Crippen LogP contribution in [0.4, 0.5) is 4.79 Å². The fourth-order valence-electron chi connectivity index (χ4n) is 2.75. The summed E-state index contributed by atoms with van der Waals surface area (Å²) in [6.45, 7) is 1.94. The van der Waals surface area contributed by atoms with E-state index in [0.29, 0.717) is 18.4 Å². The van der Waals surface area contributed by atoms with Gasteiger partial charge in [-0.1, -0.05) is 36.4 Å². The number of rotatable bonds is 8. The molecule has 7 heteroatoms. The van der Waals surface area contributed by atoms with E-state index in [-0.39, 0.29) is 24.6 Å². The average Bonchev–Trinajstić information content (AvgIpc) is 2.64. The monoisotopic (exact) mass is 371 g/mol. The molecule has 144 valence electrons. The van der Waals surface area contributed by atoms with Crippen molar-refractivity contribution in [2.24, 2.45) is 7.05 Å². The largest absolute Gasteiger partial charge is 0.481 e. The number of benzene rings is 1. The van der Waals surface area contributed by atoms with E-state index in [9.17, 15) is 14.4 Å². The lowest BCUT2D eigenvalue weighted by Gasteiger charge is -2.19. The maximum absolute atomic E-state index is 12.2. The van der Waals surface area contributed by atoms with Gasteiger partial charge in [0.1, 0.15) is 0 Å². The van der Waals surface area contributed by atoms with Gasteiger partial charge in [-0.15, -0.1) is 0 Å². The average molecular weight is 371 g/mol. The number of aryl methyl sites for hydroxylation is 1. The van der Waals surface area contributed by atoms with E-state index in [0.717, 1.165) is 11.3 Å². The number of nitrogens with one attached hydrogen (secondary N) is 2. The smallest absolute Gasteiger partial charge is 0.315 e. The van der Waals surface area contributed by atoms with E-state index in [1.165, 1.54) is 4.57 Å². The summed E-state index contributed by atoms with van der Waals surface area (Å²) in [5, 5.41) is 14.4. The molecule has 2 aromatic rings. The number of pyridine rings is 1. The normalized spacial score (nSPS) is 11.6. The lowest BCUT2D eigenvalue weighted by Crippen LogP contribution is -2.43. The molecule has 1 aromatic heterocycles. The molecule has 27 heavy (non-hydrogen) atoms. The summed E-state index contributed by atoms with van der Waals surface area (Å²) in [6.07, 6.45) is 0.827. The van der Waals surface area contributed by atoms with Gasteiger partial charge in [0.05, 0.1) is 0 Å². The van der Waals surface area contributed by atoms with Gasteiger partial charge in [-0.2, -0.15) is 0 Å². The molecule has 1 atom stereocenters. The van der Waals surface area contributed by atoms with Crippen LogP contribution in [0, 0.1) is 6.92 Å². The second kappa shape index (κ2) is 9.56. The third-order valence-electron chi connectivity index (χ3n) is 4.44. The van der Waals surface area contributed by atoms with E-state index in [1.807, 2.05) is 43.3 Å². The van der Waals surface area contributed by atoms with Gasteiger partial charge in [-0.25, -0.2) is 4.79 Å². The predicted molar refractivity (Wildman–Crippen MR) is 103 cm³/mol. The fourth-order valence-corrected chi connectivity index (χ4v) is 2.75. The lowest BCUT2D eigenvalue weighted by molar-refractivity contribution is -0.137. The number of carbonyl (C=O) groups is 2. The molecule has 1 unspecified atom stereocenters. The molecule has 2 rings (SSSR count). The van der Waals surface area contributed by atoms with Gasteiger partial charge in [0.2, 0.25) is 0 Å². The van der Waals surface area contributed by atoms with Crippen molar-refractivity contribution in [3.05, 3.63) is 69.6 Å². The molecule has 0 bridgehead atoms. The van der Waals surface area contributed by atoms with Crippen LogP contribution in [0.25, 0.3) is 0 Å². The van der Waals surface area contributed by atoms with Gasteiger partial charge < -0.3 is 20.3 Å². The summed E-state index contributed by atoms with van der Waals surface area (Å²) in [5.41, 5.74) is 2.19. The van der Waals surface area contributed by atoms with Crippen molar-refractivity contribution >= 4 is 12.0 Å². The van der Waals surface area contributed by atoms with E-state index >= 15 is 0 Å². The molecule has 0 saturated heterocycles. The minimum absolute atomic E-state index is 0.0315. The molecule has 0 spiro atoms. The molecule has 0 aliphatic rings. The fraction of sp³-hybridized carbons (Fsp3) is 0.350. The van der Waals surface area contributed by atoms with Crippen LogP contribution in [0.3, 0.4) is 0 Å². The van der Waals surface area contributed by atoms with Crippen LogP contribution < -0.4 is 16.2 Å². The van der Waals surface area contributed by atoms with Gasteiger partial charge in [0.15, 0.2) is 0 Å². The van der Waals surface area contributed by atoms with Gasteiger partial charge in [0.25, 0.3) is 5.56 Å². The van der Waals surface area contributed by atoms with Gasteiger partial charge >= 0.3 is 12.0 Å². The summed E-state index contributed by atoms with van der Waals surface area (Å²) >= 11 is 0. The molecule has 7 nitrogen and oxygen atoms in total. The van der Waals surface area contributed by atoms with E-state index in [2.05, 4.69) is 10.6 Å². The number of hydrogen-bond donors (Lipinski definition) is 3. The van der Waals surface area contributed by atoms with Crippen LogP contribution in [-0.4, -0.2) is 27.7 Å². The molecule has 2 amide bonds. The Morgan fingerprint density at radius 1 is 1.15 bits per heavy atom. The van der Waals surface area contributed by atoms with Crippen molar-refractivity contribution in [3.63, 3.8) is 0 Å². The summed E-state index contributed by atoms with van der Waals surface area (Å²) in [4.78, 5) is 35.3. The Morgan fingerprint density at radius 2 is 1.85 bits per heavy atom. The topological polar surface area (TPSA) is 100 Å². The molecule has 1 heterocycles. The maximum atomic E-state index is 12.2. The third kappa shape index (κ3) is 6.29. The number of hydrogen-bond acceptors (Lipinski definition) is 3. The van der Waals surface area contributed by atoms with Crippen molar-refractivity contribution in [3.8, 4) is 0 Å². The van der Waals surface area contributed by atoms with E-state index < -0.39 is 12.0 Å². The van der Waals surface area contributed by atoms with Crippen molar-refractivity contribution in [2.45, 2.75) is 38.8 Å². The number of carboxylic acids is 1. The molecule has 0 aliphatic carbocycles. The first-order chi connectivity index (χ1) is 12.9. The zero-order valence-corrected chi connectivity index (χ0v) is 15.6. The number of aromatic nitrogens is 1. The zero-order valence-electron chi connectivity index (χ0n) is 15.6.